The first-order chi connectivity index (χ1) is 11.0. The number of aliphatic hydroxyl groups excluding tert-OH is 1. The van der Waals surface area contributed by atoms with Gasteiger partial charge in [0.15, 0.2) is 0 Å². The van der Waals surface area contributed by atoms with Gasteiger partial charge in [-0.1, -0.05) is 6.92 Å². The van der Waals surface area contributed by atoms with Crippen molar-refractivity contribution in [2.45, 2.75) is 46.7 Å². The lowest BCUT2D eigenvalue weighted by atomic mass is 10.2. The van der Waals surface area contributed by atoms with Crippen molar-refractivity contribution in [3.05, 3.63) is 39.3 Å². The number of aryl methyl sites for hydroxylation is 3. The number of aromatic nitrogens is 2. The molecular weight excluding hydrogens is 310 g/mol. The number of rotatable bonds is 8. The molecule has 0 atom stereocenters. The maximum Gasteiger partial charge on any atom is 0.257 e. The van der Waals surface area contributed by atoms with Crippen molar-refractivity contribution in [2.24, 2.45) is 0 Å². The second-order valence-electron chi connectivity index (χ2n) is 5.71. The van der Waals surface area contributed by atoms with Gasteiger partial charge in [0.05, 0.1) is 17.8 Å². The molecule has 1 amide bonds. The molecule has 0 fully saturated rings. The molecule has 5 nitrogen and oxygen atoms in total. The van der Waals surface area contributed by atoms with Crippen LogP contribution in [-0.2, 0) is 13.1 Å². The van der Waals surface area contributed by atoms with E-state index in [1.807, 2.05) is 22.7 Å². The summed E-state index contributed by atoms with van der Waals surface area (Å²) in [5, 5.41) is 13.5. The molecule has 2 rings (SSSR count). The second-order valence-corrected chi connectivity index (χ2v) is 7.08. The van der Waals surface area contributed by atoms with Crippen LogP contribution in [0.15, 0.2) is 18.3 Å². The lowest BCUT2D eigenvalue weighted by Crippen LogP contribution is -2.32. The summed E-state index contributed by atoms with van der Waals surface area (Å²) >= 11 is 1.70. The highest BCUT2D eigenvalue weighted by molar-refractivity contribution is 7.11. The Labute approximate surface area is 141 Å². The Balaban J connectivity index is 2.18. The molecular formula is C17H25N3O2S. The molecule has 0 aliphatic heterocycles. The standard InChI is InChI=1S/C17H25N3O2S/c1-4-8-20-12-16(14(3)18-20)17(22)19(9-5-10-21)11-15-7-6-13(2)23-15/h6-7,12,21H,4-5,8-11H2,1-3H3. The Morgan fingerprint density at radius 1 is 1.39 bits per heavy atom. The van der Waals surface area contributed by atoms with Gasteiger partial charge in [0.1, 0.15) is 0 Å². The van der Waals surface area contributed by atoms with Gasteiger partial charge in [-0.2, -0.15) is 5.10 Å². The van der Waals surface area contributed by atoms with E-state index < -0.39 is 0 Å². The van der Waals surface area contributed by atoms with Crippen LogP contribution in [0.1, 0.15) is 45.6 Å². The normalized spacial score (nSPS) is 11.0. The average molecular weight is 335 g/mol. The van der Waals surface area contributed by atoms with Crippen molar-refractivity contribution >= 4 is 17.2 Å². The summed E-state index contributed by atoms with van der Waals surface area (Å²) in [6.07, 6.45) is 3.41. The summed E-state index contributed by atoms with van der Waals surface area (Å²) in [7, 11) is 0. The van der Waals surface area contributed by atoms with Crippen LogP contribution in [0.2, 0.25) is 0 Å². The molecule has 0 bridgehead atoms. The third-order valence-corrected chi connectivity index (χ3v) is 4.63. The molecule has 0 aromatic carbocycles. The van der Waals surface area contributed by atoms with Crippen LogP contribution in [0.4, 0.5) is 0 Å². The van der Waals surface area contributed by atoms with E-state index >= 15 is 0 Å². The predicted octanol–water partition coefficient (Wildman–Crippen LogP) is 3.00. The zero-order valence-electron chi connectivity index (χ0n) is 14.1. The Kier molecular flexibility index (Phi) is 6.36. The number of aliphatic hydroxyl groups is 1. The zero-order valence-corrected chi connectivity index (χ0v) is 14.9. The minimum atomic E-state index is -0.00986. The molecule has 6 heteroatoms. The fraction of sp³-hybridized carbons (Fsp3) is 0.529. The Hall–Kier alpha value is -1.66. The van der Waals surface area contributed by atoms with Crippen molar-refractivity contribution in [2.75, 3.05) is 13.2 Å². The van der Waals surface area contributed by atoms with E-state index in [1.54, 1.807) is 11.3 Å². The van der Waals surface area contributed by atoms with Crippen molar-refractivity contribution < 1.29 is 9.90 Å². The van der Waals surface area contributed by atoms with E-state index in [2.05, 4.69) is 31.1 Å². The third kappa shape index (κ3) is 4.65. The molecule has 0 radical (unpaired) electrons. The number of nitrogens with zero attached hydrogens (tertiary/aromatic N) is 3. The smallest absolute Gasteiger partial charge is 0.257 e. The van der Waals surface area contributed by atoms with Gasteiger partial charge in [-0.05, 0) is 38.8 Å². The number of carbonyl (C=O) groups is 1. The largest absolute Gasteiger partial charge is 0.396 e. The van der Waals surface area contributed by atoms with Crippen LogP contribution in [0, 0.1) is 13.8 Å². The second kappa shape index (κ2) is 8.26. The van der Waals surface area contributed by atoms with E-state index in [1.165, 1.54) is 4.88 Å². The molecule has 2 aromatic heterocycles. The fourth-order valence-electron chi connectivity index (χ4n) is 2.51. The van der Waals surface area contributed by atoms with Crippen LogP contribution >= 0.6 is 11.3 Å². The lowest BCUT2D eigenvalue weighted by Gasteiger charge is -2.21. The minimum Gasteiger partial charge on any atom is -0.396 e. The number of hydrogen-bond donors (Lipinski definition) is 1. The summed E-state index contributed by atoms with van der Waals surface area (Å²) < 4.78 is 1.84. The van der Waals surface area contributed by atoms with Crippen molar-refractivity contribution in [1.82, 2.24) is 14.7 Å². The molecule has 2 aromatic rings. The Morgan fingerprint density at radius 3 is 2.78 bits per heavy atom. The lowest BCUT2D eigenvalue weighted by molar-refractivity contribution is 0.0733. The molecule has 0 unspecified atom stereocenters. The van der Waals surface area contributed by atoms with E-state index in [9.17, 15) is 4.79 Å². The quantitative estimate of drug-likeness (QED) is 0.807. The van der Waals surface area contributed by atoms with E-state index in [-0.39, 0.29) is 12.5 Å². The van der Waals surface area contributed by atoms with Crippen LogP contribution in [0.25, 0.3) is 0 Å². The first kappa shape index (κ1) is 17.7. The fourth-order valence-corrected chi connectivity index (χ4v) is 3.42. The summed E-state index contributed by atoms with van der Waals surface area (Å²) in [5.74, 6) is -0.00986. The minimum absolute atomic E-state index is 0.00986. The molecule has 0 saturated heterocycles. The van der Waals surface area contributed by atoms with E-state index in [4.69, 9.17) is 5.11 Å². The zero-order chi connectivity index (χ0) is 16.8. The van der Waals surface area contributed by atoms with Gasteiger partial charge >= 0.3 is 0 Å². The van der Waals surface area contributed by atoms with Crippen molar-refractivity contribution in [3.8, 4) is 0 Å². The summed E-state index contributed by atoms with van der Waals surface area (Å²) in [4.78, 5) is 17.1. The van der Waals surface area contributed by atoms with Gasteiger partial charge in [0, 0.05) is 35.6 Å². The van der Waals surface area contributed by atoms with Crippen LogP contribution in [-0.4, -0.2) is 38.8 Å². The monoisotopic (exact) mass is 335 g/mol. The maximum absolute atomic E-state index is 12.9. The molecule has 1 N–H and O–H groups in total. The van der Waals surface area contributed by atoms with Gasteiger partial charge in [0.25, 0.3) is 5.91 Å². The molecule has 126 valence electrons. The third-order valence-electron chi connectivity index (χ3n) is 3.65. The number of hydrogen-bond acceptors (Lipinski definition) is 4. The number of carbonyl (C=O) groups excluding carboxylic acids is 1. The molecule has 23 heavy (non-hydrogen) atoms. The van der Waals surface area contributed by atoms with E-state index in [0.29, 0.717) is 25.1 Å². The van der Waals surface area contributed by atoms with Crippen LogP contribution < -0.4 is 0 Å². The van der Waals surface area contributed by atoms with Gasteiger partial charge in [0.2, 0.25) is 0 Å². The number of amides is 1. The summed E-state index contributed by atoms with van der Waals surface area (Å²) in [6, 6.07) is 4.13. The van der Waals surface area contributed by atoms with Gasteiger partial charge < -0.3 is 10.0 Å². The maximum atomic E-state index is 12.9. The average Bonchev–Trinajstić information content (AvgIpc) is 3.09. The first-order valence-electron chi connectivity index (χ1n) is 8.04. The predicted molar refractivity (Wildman–Crippen MR) is 92.8 cm³/mol. The Morgan fingerprint density at radius 2 is 2.17 bits per heavy atom. The number of thiophene rings is 1. The Bertz CT molecular complexity index is 648. The summed E-state index contributed by atoms with van der Waals surface area (Å²) in [6.45, 7) is 8.05. The first-order valence-corrected chi connectivity index (χ1v) is 8.86. The van der Waals surface area contributed by atoms with Crippen molar-refractivity contribution in [3.63, 3.8) is 0 Å². The molecule has 0 saturated carbocycles. The molecule has 0 aliphatic rings. The van der Waals surface area contributed by atoms with Crippen LogP contribution in [0.5, 0.6) is 0 Å². The topological polar surface area (TPSA) is 58.4 Å². The van der Waals surface area contributed by atoms with Gasteiger partial charge in [-0.15, -0.1) is 11.3 Å². The highest BCUT2D eigenvalue weighted by atomic mass is 32.1. The van der Waals surface area contributed by atoms with Crippen LogP contribution in [0.3, 0.4) is 0 Å². The van der Waals surface area contributed by atoms with E-state index in [0.717, 1.165) is 23.5 Å². The van der Waals surface area contributed by atoms with Gasteiger partial charge in [-0.3, -0.25) is 9.48 Å². The highest BCUT2D eigenvalue weighted by Crippen LogP contribution is 2.19. The molecule has 0 spiro atoms. The molecule has 2 heterocycles. The SMILES string of the molecule is CCCn1cc(C(=O)N(CCCO)Cc2ccc(C)s2)c(C)n1. The summed E-state index contributed by atoms with van der Waals surface area (Å²) in [5.41, 5.74) is 1.42. The van der Waals surface area contributed by atoms with Gasteiger partial charge in [-0.25, -0.2) is 0 Å². The van der Waals surface area contributed by atoms with Crippen molar-refractivity contribution in [1.29, 1.82) is 0 Å². The molecule has 0 aliphatic carbocycles. The highest BCUT2D eigenvalue weighted by Gasteiger charge is 2.20.